The summed E-state index contributed by atoms with van der Waals surface area (Å²) >= 11 is 1.91. The summed E-state index contributed by atoms with van der Waals surface area (Å²) in [7, 11) is 0. The summed E-state index contributed by atoms with van der Waals surface area (Å²) in [6, 6.07) is 0. The van der Waals surface area contributed by atoms with E-state index in [0.717, 1.165) is 25.7 Å². The van der Waals surface area contributed by atoms with Crippen LogP contribution in [0.3, 0.4) is 0 Å². The lowest BCUT2D eigenvalue weighted by Gasteiger charge is -2.19. The van der Waals surface area contributed by atoms with Crippen LogP contribution in [-0.4, -0.2) is 0 Å². The molecule has 3 rings (SSSR count). The molecule has 0 fully saturated rings. The predicted octanol–water partition coefficient (Wildman–Crippen LogP) is 10.0. The fraction of sp³-hybridized carbons (Fsp3) is 0.355. The van der Waals surface area contributed by atoms with E-state index in [-0.39, 0.29) is 0 Å². The van der Waals surface area contributed by atoms with Gasteiger partial charge in [0, 0.05) is 4.91 Å². The predicted molar refractivity (Wildman–Crippen MR) is 146 cm³/mol. The van der Waals surface area contributed by atoms with Gasteiger partial charge in [-0.15, -0.1) is 0 Å². The molecule has 0 nitrogen and oxygen atoms in total. The number of hydrogen-bond donors (Lipinski definition) is 0. The Bertz CT molecular complexity index is 979. The molecule has 32 heavy (non-hydrogen) atoms. The van der Waals surface area contributed by atoms with Gasteiger partial charge in [0.15, 0.2) is 0 Å². The van der Waals surface area contributed by atoms with Crippen LogP contribution < -0.4 is 0 Å². The minimum absolute atomic E-state index is 1.11. The van der Waals surface area contributed by atoms with Gasteiger partial charge in [-0.3, -0.25) is 0 Å². The summed E-state index contributed by atoms with van der Waals surface area (Å²) in [6.07, 6.45) is 31.8. The molecule has 0 unspecified atom stereocenters. The molecule has 168 valence electrons. The molecule has 0 N–H and O–H groups in total. The Morgan fingerprint density at radius 1 is 1.06 bits per heavy atom. The first kappa shape index (κ1) is 24.4. The highest BCUT2D eigenvalue weighted by molar-refractivity contribution is 8.06. The van der Waals surface area contributed by atoms with Crippen LogP contribution in [0, 0.1) is 0 Å². The Labute approximate surface area is 200 Å². The van der Waals surface area contributed by atoms with Crippen molar-refractivity contribution in [2.24, 2.45) is 0 Å². The van der Waals surface area contributed by atoms with E-state index in [9.17, 15) is 0 Å². The van der Waals surface area contributed by atoms with Crippen LogP contribution in [0.2, 0.25) is 0 Å². The van der Waals surface area contributed by atoms with Crippen molar-refractivity contribution in [3.05, 3.63) is 117 Å². The van der Waals surface area contributed by atoms with E-state index in [4.69, 9.17) is 0 Å². The van der Waals surface area contributed by atoms with Crippen molar-refractivity contribution in [2.45, 2.75) is 72.1 Å². The molecule has 1 aliphatic heterocycles. The average molecular weight is 443 g/mol. The van der Waals surface area contributed by atoms with Crippen molar-refractivity contribution in [1.82, 2.24) is 0 Å². The van der Waals surface area contributed by atoms with Crippen LogP contribution in [0.5, 0.6) is 0 Å². The van der Waals surface area contributed by atoms with Gasteiger partial charge in [0.2, 0.25) is 0 Å². The molecule has 0 amide bonds. The smallest absolute Gasteiger partial charge is 0.0154 e. The largest absolute Gasteiger partial charge is 0.0991 e. The van der Waals surface area contributed by atoms with Crippen molar-refractivity contribution >= 4 is 11.8 Å². The molecular formula is C31H38S. The van der Waals surface area contributed by atoms with Gasteiger partial charge in [0.1, 0.15) is 0 Å². The standard InChI is InChI=1S/C31H38S/c1-5-7-17-27(6-2)30-22-31(28-18-9-8-10-19-28)32-23-26(16-13-15-25(30)4)21-29-20-12-11-14-24(29)3/h5-9,14,17-18,21-23H,1,10-13,15-16,19-20H2,2-4H3/b17-7-,26-23-,27-6+,29-21+,30-25?,31-22?. The van der Waals surface area contributed by atoms with Gasteiger partial charge in [-0.1, -0.05) is 84.2 Å². The molecule has 3 aliphatic rings. The number of allylic oxidation sites excluding steroid dienone is 17. The summed E-state index contributed by atoms with van der Waals surface area (Å²) in [5.41, 5.74) is 10.0. The molecule has 0 aromatic carbocycles. The van der Waals surface area contributed by atoms with Crippen molar-refractivity contribution in [1.29, 1.82) is 0 Å². The van der Waals surface area contributed by atoms with E-state index in [1.807, 2.05) is 23.9 Å². The van der Waals surface area contributed by atoms with Gasteiger partial charge < -0.3 is 0 Å². The zero-order valence-electron chi connectivity index (χ0n) is 20.1. The molecule has 0 saturated carbocycles. The first-order valence-corrected chi connectivity index (χ1v) is 13.0. The number of hydrogen-bond acceptors (Lipinski definition) is 1. The summed E-state index contributed by atoms with van der Waals surface area (Å²) in [5, 5.41) is 2.42. The molecule has 0 radical (unpaired) electrons. The third kappa shape index (κ3) is 6.87. The highest BCUT2D eigenvalue weighted by Crippen LogP contribution is 2.37. The van der Waals surface area contributed by atoms with Crippen LogP contribution in [0.15, 0.2) is 117 Å². The molecule has 0 spiro atoms. The van der Waals surface area contributed by atoms with Crippen molar-refractivity contribution in [3.63, 3.8) is 0 Å². The van der Waals surface area contributed by atoms with E-state index in [1.54, 1.807) is 0 Å². The monoisotopic (exact) mass is 442 g/mol. The highest BCUT2D eigenvalue weighted by Gasteiger charge is 2.14. The lowest BCUT2D eigenvalue weighted by molar-refractivity contribution is 0.789. The first-order valence-electron chi connectivity index (χ1n) is 12.1. The zero-order valence-corrected chi connectivity index (χ0v) is 20.9. The molecule has 1 heteroatoms. The van der Waals surface area contributed by atoms with Crippen LogP contribution in [0.1, 0.15) is 72.1 Å². The van der Waals surface area contributed by atoms with Gasteiger partial charge in [0.05, 0.1) is 0 Å². The van der Waals surface area contributed by atoms with Crippen LogP contribution in [-0.2, 0) is 0 Å². The quantitative estimate of drug-likeness (QED) is 0.382. The second-order valence-corrected chi connectivity index (χ2v) is 9.72. The molecule has 0 atom stereocenters. The molecule has 1 heterocycles. The summed E-state index contributed by atoms with van der Waals surface area (Å²) in [6.45, 7) is 10.6. The van der Waals surface area contributed by atoms with E-state index in [1.165, 1.54) is 69.6 Å². The van der Waals surface area contributed by atoms with Gasteiger partial charge >= 0.3 is 0 Å². The SMILES string of the molecule is C=C/C=C\C(=C/C)C1=C(C)CCCC(/C=C2\CCCC=C2C)=C/SC(C2=CC=CCC2)=C1. The van der Waals surface area contributed by atoms with Crippen LogP contribution >= 0.6 is 11.8 Å². The Morgan fingerprint density at radius 2 is 1.94 bits per heavy atom. The third-order valence-corrected chi connectivity index (χ3v) is 7.48. The third-order valence-electron chi connectivity index (χ3n) is 6.42. The minimum atomic E-state index is 1.11. The topological polar surface area (TPSA) is 0 Å². The van der Waals surface area contributed by atoms with Crippen molar-refractivity contribution in [3.8, 4) is 0 Å². The lowest BCUT2D eigenvalue weighted by Crippen LogP contribution is -1.98. The van der Waals surface area contributed by atoms with E-state index >= 15 is 0 Å². The van der Waals surface area contributed by atoms with E-state index in [0.29, 0.717) is 0 Å². The molecule has 0 aromatic heterocycles. The van der Waals surface area contributed by atoms with Crippen LogP contribution in [0.4, 0.5) is 0 Å². The number of rotatable bonds is 5. The Balaban J connectivity index is 2.03. The summed E-state index contributed by atoms with van der Waals surface area (Å²) < 4.78 is 0. The summed E-state index contributed by atoms with van der Waals surface area (Å²) in [5.74, 6) is 0. The van der Waals surface area contributed by atoms with E-state index < -0.39 is 0 Å². The second kappa shape index (κ2) is 12.7. The maximum Gasteiger partial charge on any atom is 0.0154 e. The van der Waals surface area contributed by atoms with Gasteiger partial charge in [-0.2, -0.15) is 0 Å². The van der Waals surface area contributed by atoms with Gasteiger partial charge in [0.25, 0.3) is 0 Å². The molecule has 2 aliphatic carbocycles. The minimum Gasteiger partial charge on any atom is -0.0991 e. The van der Waals surface area contributed by atoms with Gasteiger partial charge in [-0.25, -0.2) is 0 Å². The highest BCUT2D eigenvalue weighted by atomic mass is 32.2. The maximum atomic E-state index is 3.86. The van der Waals surface area contributed by atoms with Gasteiger partial charge in [-0.05, 0) is 111 Å². The molecule has 0 aromatic rings. The molecular weight excluding hydrogens is 404 g/mol. The van der Waals surface area contributed by atoms with Crippen molar-refractivity contribution < 1.29 is 0 Å². The fourth-order valence-corrected chi connectivity index (χ4v) is 5.42. The second-order valence-electron chi connectivity index (χ2n) is 8.81. The van der Waals surface area contributed by atoms with Crippen molar-refractivity contribution in [2.75, 3.05) is 0 Å². The zero-order chi connectivity index (χ0) is 22.8. The number of thioether (sulfide) groups is 1. The normalized spacial score (nSPS) is 24.1. The summed E-state index contributed by atoms with van der Waals surface area (Å²) in [4.78, 5) is 1.38. The Kier molecular flexibility index (Phi) is 9.68. The van der Waals surface area contributed by atoms with Crippen LogP contribution in [0.25, 0.3) is 0 Å². The first-order chi connectivity index (χ1) is 15.6. The molecule has 0 saturated heterocycles. The fourth-order valence-electron chi connectivity index (χ4n) is 4.45. The average Bonchev–Trinajstić information content (AvgIpc) is 2.82. The van der Waals surface area contributed by atoms with E-state index in [2.05, 4.69) is 81.4 Å². The Hall–Kier alpha value is -2.25. The Morgan fingerprint density at radius 3 is 2.66 bits per heavy atom. The lowest BCUT2D eigenvalue weighted by atomic mass is 9.91. The molecule has 0 bridgehead atoms. The maximum absolute atomic E-state index is 3.86.